The number of hydrogen-bond acceptors (Lipinski definition) is 2. The average Bonchev–Trinajstić information content (AvgIpc) is 2.61. The van der Waals surface area contributed by atoms with Gasteiger partial charge in [-0.05, 0) is 39.4 Å². The molecular weight excluding hydrogens is 356 g/mol. The molecule has 1 atom stereocenters. The van der Waals surface area contributed by atoms with Gasteiger partial charge in [0.15, 0.2) is 5.11 Å². The molecule has 2 N–H and O–H groups in total. The van der Waals surface area contributed by atoms with E-state index in [0.717, 1.165) is 44.3 Å². The number of nitrogens with zero attached hydrogens (tertiary/aromatic N) is 2. The highest BCUT2D eigenvalue weighted by Gasteiger charge is 2.33. The van der Waals surface area contributed by atoms with Crippen LogP contribution < -0.4 is 10.2 Å². The Bertz CT molecular complexity index is 655. The van der Waals surface area contributed by atoms with Crippen LogP contribution in [0.1, 0.15) is 39.2 Å². The summed E-state index contributed by atoms with van der Waals surface area (Å²) < 4.78 is 0. The fourth-order valence-electron chi connectivity index (χ4n) is 4.29. The molecule has 2 fully saturated rings. The Balaban J connectivity index is 1.43. The van der Waals surface area contributed by atoms with Crippen LogP contribution in [0.15, 0.2) is 30.3 Å². The minimum atomic E-state index is 0.0366. The van der Waals surface area contributed by atoms with Crippen LogP contribution in [0.4, 0.5) is 0 Å². The minimum Gasteiger partial charge on any atom is -0.358 e. The maximum atomic E-state index is 12.7. The van der Waals surface area contributed by atoms with E-state index in [1.165, 1.54) is 5.56 Å². The number of rotatable bonds is 5. The molecule has 2 aliphatic rings. The monoisotopic (exact) mass is 389 g/mol. The first-order valence-electron chi connectivity index (χ1n) is 10.1. The summed E-state index contributed by atoms with van der Waals surface area (Å²) in [6, 6.07) is 11.0. The SMILES string of the molecule is CC1CC(C)(C)NC(=S)N1CCC(=O)N1CC[NH+](Cc2ccccc2)CC1. The molecule has 1 unspecified atom stereocenters. The molecule has 0 aromatic heterocycles. The number of piperazine rings is 1. The van der Waals surface area contributed by atoms with Crippen molar-refractivity contribution in [3.63, 3.8) is 0 Å². The molecule has 2 saturated heterocycles. The highest BCUT2D eigenvalue weighted by atomic mass is 32.1. The maximum Gasteiger partial charge on any atom is 0.224 e. The zero-order valence-electron chi connectivity index (χ0n) is 16.8. The predicted molar refractivity (Wildman–Crippen MR) is 113 cm³/mol. The molecule has 1 amide bonds. The first-order valence-corrected chi connectivity index (χ1v) is 10.5. The van der Waals surface area contributed by atoms with Gasteiger partial charge in [-0.15, -0.1) is 0 Å². The van der Waals surface area contributed by atoms with Crippen molar-refractivity contribution in [3.05, 3.63) is 35.9 Å². The smallest absolute Gasteiger partial charge is 0.224 e. The van der Waals surface area contributed by atoms with Gasteiger partial charge in [-0.1, -0.05) is 30.3 Å². The van der Waals surface area contributed by atoms with Crippen LogP contribution in [0.5, 0.6) is 0 Å². The first-order chi connectivity index (χ1) is 12.8. The lowest BCUT2D eigenvalue weighted by Crippen LogP contribution is -3.13. The second-order valence-corrected chi connectivity index (χ2v) is 8.99. The van der Waals surface area contributed by atoms with E-state index in [1.807, 2.05) is 4.90 Å². The highest BCUT2D eigenvalue weighted by molar-refractivity contribution is 7.80. The standard InChI is InChI=1S/C21H32N4OS/c1-17-15-21(2,3)22-20(27)25(17)10-9-19(26)24-13-11-23(12-14-24)16-18-7-5-4-6-8-18/h4-8,17H,9-16H2,1-3H3,(H,22,27)/p+1. The van der Waals surface area contributed by atoms with Gasteiger partial charge in [0.2, 0.25) is 5.91 Å². The average molecular weight is 390 g/mol. The van der Waals surface area contributed by atoms with Crippen LogP contribution in [-0.4, -0.2) is 65.1 Å². The van der Waals surface area contributed by atoms with Crippen LogP contribution in [-0.2, 0) is 11.3 Å². The number of nitrogens with one attached hydrogen (secondary N) is 2. The largest absolute Gasteiger partial charge is 0.358 e. The summed E-state index contributed by atoms with van der Waals surface area (Å²) in [7, 11) is 0. The fraction of sp³-hybridized carbons (Fsp3) is 0.619. The van der Waals surface area contributed by atoms with Crippen LogP contribution >= 0.6 is 12.2 Å². The van der Waals surface area contributed by atoms with E-state index in [-0.39, 0.29) is 11.4 Å². The molecule has 27 heavy (non-hydrogen) atoms. The van der Waals surface area contributed by atoms with Crippen LogP contribution in [0, 0.1) is 0 Å². The Labute approximate surface area is 168 Å². The van der Waals surface area contributed by atoms with Crippen LogP contribution in [0.2, 0.25) is 0 Å². The summed E-state index contributed by atoms with van der Waals surface area (Å²) in [5.41, 5.74) is 1.41. The molecule has 0 spiro atoms. The van der Waals surface area contributed by atoms with E-state index < -0.39 is 0 Å². The number of carbonyl (C=O) groups excluding carboxylic acids is 1. The Morgan fingerprint density at radius 2 is 1.93 bits per heavy atom. The van der Waals surface area contributed by atoms with E-state index in [9.17, 15) is 4.79 Å². The van der Waals surface area contributed by atoms with Crippen molar-refractivity contribution >= 4 is 23.2 Å². The Hall–Kier alpha value is -1.66. The van der Waals surface area contributed by atoms with Crippen LogP contribution in [0.25, 0.3) is 0 Å². The van der Waals surface area contributed by atoms with Gasteiger partial charge < -0.3 is 20.0 Å². The van der Waals surface area contributed by atoms with Crippen molar-refractivity contribution in [1.82, 2.24) is 15.1 Å². The summed E-state index contributed by atoms with van der Waals surface area (Å²) in [4.78, 5) is 18.4. The van der Waals surface area contributed by atoms with Gasteiger partial charge in [0.25, 0.3) is 0 Å². The van der Waals surface area contributed by atoms with Gasteiger partial charge in [-0.25, -0.2) is 0 Å². The fourth-order valence-corrected chi connectivity index (χ4v) is 4.84. The molecular formula is C21H33N4OS+. The summed E-state index contributed by atoms with van der Waals surface area (Å²) in [6.07, 6.45) is 1.57. The van der Waals surface area contributed by atoms with Gasteiger partial charge in [-0.3, -0.25) is 4.79 Å². The molecule has 3 rings (SSSR count). The number of thiocarbonyl (C=S) groups is 1. The third-order valence-corrected chi connectivity index (χ3v) is 6.07. The van der Waals surface area contributed by atoms with E-state index in [1.54, 1.807) is 4.90 Å². The third-order valence-electron chi connectivity index (χ3n) is 5.73. The molecule has 0 aliphatic carbocycles. The Morgan fingerprint density at radius 3 is 2.56 bits per heavy atom. The van der Waals surface area contributed by atoms with Gasteiger partial charge >= 0.3 is 0 Å². The van der Waals surface area contributed by atoms with Gasteiger partial charge in [0, 0.05) is 30.1 Å². The molecule has 5 nitrogen and oxygen atoms in total. The van der Waals surface area contributed by atoms with Crippen LogP contribution in [0.3, 0.4) is 0 Å². The summed E-state index contributed by atoms with van der Waals surface area (Å²) in [5, 5.41) is 4.18. The lowest BCUT2D eigenvalue weighted by Gasteiger charge is -2.45. The molecule has 0 saturated carbocycles. The minimum absolute atomic E-state index is 0.0366. The number of benzene rings is 1. The third kappa shape index (κ3) is 5.42. The van der Waals surface area contributed by atoms with E-state index in [2.05, 4.69) is 61.3 Å². The molecule has 2 aliphatic heterocycles. The van der Waals surface area contributed by atoms with E-state index in [0.29, 0.717) is 19.0 Å². The number of hydrogen-bond donors (Lipinski definition) is 2. The zero-order valence-corrected chi connectivity index (χ0v) is 17.6. The summed E-state index contributed by atoms with van der Waals surface area (Å²) in [6.45, 7) is 12.1. The molecule has 0 bridgehead atoms. The molecule has 6 heteroatoms. The normalized spacial score (nSPS) is 23.2. The molecule has 1 aromatic carbocycles. The highest BCUT2D eigenvalue weighted by Crippen LogP contribution is 2.22. The first kappa shape index (κ1) is 20.1. The van der Waals surface area contributed by atoms with E-state index in [4.69, 9.17) is 12.2 Å². The predicted octanol–water partition coefficient (Wildman–Crippen LogP) is 1.05. The quantitative estimate of drug-likeness (QED) is 0.739. The lowest BCUT2D eigenvalue weighted by molar-refractivity contribution is -0.917. The van der Waals surface area contributed by atoms with Gasteiger partial charge in [0.1, 0.15) is 6.54 Å². The van der Waals surface area contributed by atoms with Crippen molar-refractivity contribution in [2.45, 2.75) is 51.7 Å². The summed E-state index contributed by atoms with van der Waals surface area (Å²) in [5.74, 6) is 0.258. The maximum absolute atomic E-state index is 12.7. The molecule has 0 radical (unpaired) electrons. The van der Waals surface area contributed by atoms with Crippen molar-refractivity contribution in [3.8, 4) is 0 Å². The second kappa shape index (κ2) is 8.57. The van der Waals surface area contributed by atoms with Crippen molar-refractivity contribution < 1.29 is 9.69 Å². The van der Waals surface area contributed by atoms with Gasteiger partial charge in [0.05, 0.1) is 26.2 Å². The second-order valence-electron chi connectivity index (χ2n) is 8.60. The number of quaternary nitrogens is 1. The lowest BCUT2D eigenvalue weighted by atomic mass is 9.93. The molecule has 1 aromatic rings. The zero-order chi connectivity index (χ0) is 19.4. The van der Waals surface area contributed by atoms with Crippen molar-refractivity contribution in [1.29, 1.82) is 0 Å². The van der Waals surface area contributed by atoms with Gasteiger partial charge in [-0.2, -0.15) is 0 Å². The van der Waals surface area contributed by atoms with Crippen molar-refractivity contribution in [2.75, 3.05) is 32.7 Å². The topological polar surface area (TPSA) is 40.0 Å². The molecule has 148 valence electrons. The Kier molecular flexibility index (Phi) is 6.37. The number of amides is 1. The molecule has 2 heterocycles. The summed E-state index contributed by atoms with van der Waals surface area (Å²) >= 11 is 5.53. The Morgan fingerprint density at radius 1 is 1.26 bits per heavy atom. The van der Waals surface area contributed by atoms with E-state index >= 15 is 0 Å². The number of carbonyl (C=O) groups is 1. The van der Waals surface area contributed by atoms with Crippen molar-refractivity contribution in [2.24, 2.45) is 0 Å².